The van der Waals surface area contributed by atoms with Gasteiger partial charge in [0.25, 0.3) is 0 Å². The molecular weight excluding hydrogens is 297 g/mol. The van der Waals surface area contributed by atoms with E-state index in [0.29, 0.717) is 18.4 Å². The van der Waals surface area contributed by atoms with Crippen LogP contribution in [0.4, 0.5) is 13.2 Å². The normalized spacial score (nSPS) is 24.1. The van der Waals surface area contributed by atoms with Crippen molar-refractivity contribution in [3.05, 3.63) is 29.8 Å². The Labute approximate surface area is 127 Å². The molecule has 1 aromatic carbocycles. The van der Waals surface area contributed by atoms with E-state index in [1.807, 2.05) is 0 Å². The molecule has 0 aliphatic heterocycles. The van der Waals surface area contributed by atoms with Gasteiger partial charge in [-0.25, -0.2) is 0 Å². The predicted molar refractivity (Wildman–Crippen MR) is 74.2 cm³/mol. The lowest BCUT2D eigenvalue weighted by Crippen LogP contribution is -2.30. The fourth-order valence-corrected chi connectivity index (χ4v) is 3.12. The zero-order chi connectivity index (χ0) is 16.6. The quantitative estimate of drug-likeness (QED) is 0.767. The number of carbonyl (C=O) groups is 1. The Hall–Kier alpha value is -1.72. The van der Waals surface area contributed by atoms with Crippen LogP contribution in [0.2, 0.25) is 0 Å². The number of benzene rings is 1. The Kier molecular flexibility index (Phi) is 4.15. The van der Waals surface area contributed by atoms with Crippen molar-refractivity contribution in [1.29, 1.82) is 0 Å². The lowest BCUT2D eigenvalue weighted by Gasteiger charge is -2.31. The van der Waals surface area contributed by atoms with Gasteiger partial charge in [0, 0.05) is 6.92 Å². The van der Waals surface area contributed by atoms with Crippen molar-refractivity contribution in [3.63, 3.8) is 0 Å². The summed E-state index contributed by atoms with van der Waals surface area (Å²) >= 11 is 0. The molecule has 1 unspecified atom stereocenters. The molecule has 6 heteroatoms. The summed E-state index contributed by atoms with van der Waals surface area (Å²) in [5.41, 5.74) is -0.0642. The number of ether oxygens (including phenoxy) is 2. The first-order chi connectivity index (χ1) is 10.0. The molecule has 0 saturated heterocycles. The highest BCUT2D eigenvalue weighted by Gasteiger charge is 2.47. The van der Waals surface area contributed by atoms with Crippen LogP contribution in [-0.4, -0.2) is 12.3 Å². The van der Waals surface area contributed by atoms with Gasteiger partial charge in [0.15, 0.2) is 0 Å². The van der Waals surface area contributed by atoms with Gasteiger partial charge < -0.3 is 9.47 Å². The lowest BCUT2D eigenvalue weighted by atomic mass is 9.85. The highest BCUT2D eigenvalue weighted by atomic mass is 19.4. The second-order valence-corrected chi connectivity index (χ2v) is 6.50. The van der Waals surface area contributed by atoms with E-state index in [0.717, 1.165) is 6.42 Å². The molecule has 0 radical (unpaired) electrons. The summed E-state index contributed by atoms with van der Waals surface area (Å²) in [6.45, 7) is 5.51. The fourth-order valence-electron chi connectivity index (χ4n) is 3.12. The summed E-state index contributed by atoms with van der Waals surface area (Å²) in [7, 11) is 0. The van der Waals surface area contributed by atoms with Crippen LogP contribution in [0, 0.1) is 5.41 Å². The number of rotatable bonds is 3. The minimum absolute atomic E-state index is 0.0105. The largest absolute Gasteiger partial charge is 0.573 e. The molecule has 1 aliphatic carbocycles. The second-order valence-electron chi connectivity index (χ2n) is 6.50. The molecular formula is C16H19F3O3. The van der Waals surface area contributed by atoms with Crippen LogP contribution in [0.15, 0.2) is 24.3 Å². The van der Waals surface area contributed by atoms with Crippen molar-refractivity contribution in [2.45, 2.75) is 52.0 Å². The van der Waals surface area contributed by atoms with E-state index < -0.39 is 17.9 Å². The van der Waals surface area contributed by atoms with E-state index in [2.05, 4.69) is 18.6 Å². The summed E-state index contributed by atoms with van der Waals surface area (Å²) in [6.07, 6.45) is -2.55. The maximum absolute atomic E-state index is 12.2. The minimum Gasteiger partial charge on any atom is -0.454 e. The number of hydrogen-bond donors (Lipinski definition) is 0. The molecule has 22 heavy (non-hydrogen) atoms. The summed E-state index contributed by atoms with van der Waals surface area (Å²) in [5.74, 6) is -0.681. The molecule has 1 saturated carbocycles. The number of esters is 1. The van der Waals surface area contributed by atoms with Crippen LogP contribution in [-0.2, 0) is 15.1 Å². The van der Waals surface area contributed by atoms with E-state index in [1.54, 1.807) is 0 Å². The van der Waals surface area contributed by atoms with Crippen LogP contribution in [0.5, 0.6) is 5.75 Å². The lowest BCUT2D eigenvalue weighted by molar-refractivity contribution is -0.274. The SMILES string of the molecule is CC(=O)OC1(c2ccc(OC(F)(F)F)cc2)CCC(C)(C)C1. The van der Waals surface area contributed by atoms with E-state index in [4.69, 9.17) is 4.74 Å². The van der Waals surface area contributed by atoms with Crippen molar-refractivity contribution in [2.75, 3.05) is 0 Å². The zero-order valence-electron chi connectivity index (χ0n) is 12.8. The minimum atomic E-state index is -4.72. The molecule has 0 bridgehead atoms. The monoisotopic (exact) mass is 316 g/mol. The second kappa shape index (κ2) is 5.48. The van der Waals surface area contributed by atoms with Gasteiger partial charge >= 0.3 is 12.3 Å². The van der Waals surface area contributed by atoms with Crippen LogP contribution >= 0.6 is 0 Å². The average Bonchev–Trinajstić information content (AvgIpc) is 2.64. The molecule has 0 heterocycles. The van der Waals surface area contributed by atoms with Gasteiger partial charge in [-0.15, -0.1) is 13.2 Å². The van der Waals surface area contributed by atoms with Gasteiger partial charge in [0.05, 0.1) is 0 Å². The maximum atomic E-state index is 12.2. The molecule has 3 nitrogen and oxygen atoms in total. The molecule has 1 aromatic rings. The summed E-state index contributed by atoms with van der Waals surface area (Å²) in [6, 6.07) is 5.57. The van der Waals surface area contributed by atoms with Crippen LogP contribution in [0.25, 0.3) is 0 Å². The highest BCUT2D eigenvalue weighted by Crippen LogP contribution is 2.51. The van der Waals surface area contributed by atoms with E-state index in [1.165, 1.54) is 31.2 Å². The molecule has 0 aromatic heterocycles. The van der Waals surface area contributed by atoms with E-state index >= 15 is 0 Å². The molecule has 0 N–H and O–H groups in total. The Morgan fingerprint density at radius 1 is 1.14 bits per heavy atom. The Bertz CT molecular complexity index is 549. The number of carbonyl (C=O) groups excluding carboxylic acids is 1. The molecule has 2 rings (SSSR count). The smallest absolute Gasteiger partial charge is 0.454 e. The van der Waals surface area contributed by atoms with Crippen LogP contribution in [0.1, 0.15) is 45.6 Å². The number of alkyl halides is 3. The molecule has 0 spiro atoms. The Morgan fingerprint density at radius 3 is 2.14 bits per heavy atom. The van der Waals surface area contributed by atoms with Crippen molar-refractivity contribution < 1.29 is 27.4 Å². The van der Waals surface area contributed by atoms with Gasteiger partial charge in [-0.1, -0.05) is 26.0 Å². The van der Waals surface area contributed by atoms with Crippen molar-refractivity contribution >= 4 is 5.97 Å². The molecule has 122 valence electrons. The van der Waals surface area contributed by atoms with Crippen molar-refractivity contribution in [3.8, 4) is 5.75 Å². The van der Waals surface area contributed by atoms with Gasteiger partial charge in [0.1, 0.15) is 11.4 Å². The third-order valence-corrected chi connectivity index (χ3v) is 3.92. The first-order valence-electron chi connectivity index (χ1n) is 7.07. The predicted octanol–water partition coefficient (Wildman–Crippen LogP) is 4.55. The third-order valence-electron chi connectivity index (χ3n) is 3.92. The van der Waals surface area contributed by atoms with Gasteiger partial charge in [0.2, 0.25) is 0 Å². The van der Waals surface area contributed by atoms with Crippen LogP contribution < -0.4 is 4.74 Å². The van der Waals surface area contributed by atoms with Crippen LogP contribution in [0.3, 0.4) is 0 Å². The first-order valence-corrected chi connectivity index (χ1v) is 7.07. The standard InChI is InChI=1S/C16H19F3O3/c1-11(20)21-15(9-8-14(2,3)10-15)12-4-6-13(7-5-12)22-16(17,18)19/h4-7H,8-10H2,1-3H3. The Balaban J connectivity index is 2.28. The van der Waals surface area contributed by atoms with Gasteiger partial charge in [-0.3, -0.25) is 4.79 Å². The molecule has 1 atom stereocenters. The van der Waals surface area contributed by atoms with Gasteiger partial charge in [-0.2, -0.15) is 0 Å². The molecule has 1 fully saturated rings. The topological polar surface area (TPSA) is 35.5 Å². The number of halogens is 3. The van der Waals surface area contributed by atoms with Gasteiger partial charge in [-0.05, 0) is 42.4 Å². The molecule has 0 amide bonds. The maximum Gasteiger partial charge on any atom is 0.573 e. The third kappa shape index (κ3) is 3.93. The first kappa shape index (κ1) is 16.6. The Morgan fingerprint density at radius 2 is 1.73 bits per heavy atom. The van der Waals surface area contributed by atoms with Crippen molar-refractivity contribution in [2.24, 2.45) is 5.41 Å². The summed E-state index contributed by atoms with van der Waals surface area (Å²) < 4.78 is 46.0. The fraction of sp³-hybridized carbons (Fsp3) is 0.562. The van der Waals surface area contributed by atoms with E-state index in [9.17, 15) is 18.0 Å². The highest BCUT2D eigenvalue weighted by molar-refractivity contribution is 5.67. The molecule has 1 aliphatic rings. The number of hydrogen-bond acceptors (Lipinski definition) is 3. The van der Waals surface area contributed by atoms with Crippen molar-refractivity contribution in [1.82, 2.24) is 0 Å². The van der Waals surface area contributed by atoms with E-state index in [-0.39, 0.29) is 11.2 Å². The summed E-state index contributed by atoms with van der Waals surface area (Å²) in [5, 5.41) is 0. The average molecular weight is 316 g/mol. The zero-order valence-corrected chi connectivity index (χ0v) is 12.8. The summed E-state index contributed by atoms with van der Waals surface area (Å²) in [4.78, 5) is 11.4.